The minimum absolute atomic E-state index is 0.00288. The highest BCUT2D eigenvalue weighted by Gasteiger charge is 2.68. The molecule has 2 saturated carbocycles. The number of esters is 2. The van der Waals surface area contributed by atoms with E-state index in [9.17, 15) is 14.7 Å². The molecule has 3 fully saturated rings. The van der Waals surface area contributed by atoms with Gasteiger partial charge in [0.1, 0.15) is 28.1 Å². The molecule has 11 rings (SSSR count). The van der Waals surface area contributed by atoms with Gasteiger partial charge in [-0.1, -0.05) is 66.0 Å². The first-order valence-corrected chi connectivity index (χ1v) is 19.9. The molecule has 6 heterocycles. The van der Waals surface area contributed by atoms with Gasteiger partial charge in [0.25, 0.3) is 0 Å². The predicted octanol–water partition coefficient (Wildman–Crippen LogP) is 8.01. The van der Waals surface area contributed by atoms with Crippen molar-refractivity contribution in [3.63, 3.8) is 0 Å². The molecule has 1 aromatic rings. The summed E-state index contributed by atoms with van der Waals surface area (Å²) in [6, 6.07) is 2.08. The summed E-state index contributed by atoms with van der Waals surface area (Å²) in [5.41, 5.74) is 4.82. The number of ether oxygens (including phenoxy) is 2. The van der Waals surface area contributed by atoms with Gasteiger partial charge >= 0.3 is 11.9 Å². The largest absolute Gasteiger partial charge is 0.427 e. The topological polar surface area (TPSA) is 97.8 Å². The van der Waals surface area contributed by atoms with Crippen molar-refractivity contribution in [2.75, 3.05) is 5.32 Å². The fourth-order valence-corrected chi connectivity index (χ4v) is 12.9. The lowest BCUT2D eigenvalue weighted by Gasteiger charge is -2.56. The van der Waals surface area contributed by atoms with E-state index in [1.165, 1.54) is 29.2 Å². The number of allylic oxidation sites excluding steroid dienone is 5. The van der Waals surface area contributed by atoms with Gasteiger partial charge < -0.3 is 19.9 Å². The summed E-state index contributed by atoms with van der Waals surface area (Å²) in [4.78, 5) is 33.0. The van der Waals surface area contributed by atoms with E-state index in [1.807, 2.05) is 13.1 Å². The lowest BCUT2D eigenvalue weighted by atomic mass is 9.44. The Kier molecular flexibility index (Phi) is 7.19. The third-order valence-corrected chi connectivity index (χ3v) is 15.6. The summed E-state index contributed by atoms with van der Waals surface area (Å²) in [7, 11) is 3.05. The van der Waals surface area contributed by atoms with Gasteiger partial charge in [-0.05, 0) is 105 Å². The Morgan fingerprint density at radius 1 is 1.13 bits per heavy atom. The summed E-state index contributed by atoms with van der Waals surface area (Å²) in [6.07, 6.45) is 21.0. The number of fused-ring (bicyclic) bond motifs is 6. The summed E-state index contributed by atoms with van der Waals surface area (Å²) >= 11 is 0. The number of hydrogen-bond donors (Lipinski definition) is 2. The molecule has 7 atom stereocenters. The number of aliphatic hydroxyl groups excluding tert-OH is 1. The van der Waals surface area contributed by atoms with Gasteiger partial charge in [0.2, 0.25) is 0 Å². The van der Waals surface area contributed by atoms with E-state index in [4.69, 9.17) is 9.47 Å². The number of nitrogens with zero attached hydrogens (tertiary/aromatic N) is 1. The predicted molar refractivity (Wildman–Crippen MR) is 184 cm³/mol. The van der Waals surface area contributed by atoms with E-state index in [2.05, 4.69) is 47.6 Å². The van der Waals surface area contributed by atoms with Crippen molar-refractivity contribution in [2.45, 2.75) is 95.3 Å². The van der Waals surface area contributed by atoms with Gasteiger partial charge in [-0.2, -0.15) is 0 Å². The molecule has 5 aliphatic heterocycles. The number of hydrogen-bond acceptors (Lipinski definition) is 9. The van der Waals surface area contributed by atoms with Crippen LogP contribution in [0.3, 0.4) is 0 Å². The number of cyclic esters (lactones) is 1. The number of rotatable bonds is 2. The first-order chi connectivity index (χ1) is 22.8. The van der Waals surface area contributed by atoms with Crippen molar-refractivity contribution in [3.8, 4) is 0 Å². The molecule has 9 heteroatoms. The molecule has 1 aromatic heterocycles. The molecule has 0 amide bonds. The lowest BCUT2D eigenvalue weighted by Crippen LogP contribution is -2.52. The van der Waals surface area contributed by atoms with Crippen LogP contribution in [0.25, 0.3) is 6.08 Å². The Morgan fingerprint density at radius 3 is 2.81 bits per heavy atom. The highest BCUT2D eigenvalue weighted by molar-refractivity contribution is 8.77. The van der Waals surface area contributed by atoms with Crippen molar-refractivity contribution < 1.29 is 24.2 Å². The van der Waals surface area contributed by atoms with Crippen LogP contribution in [-0.2, 0) is 25.5 Å². The molecular formula is C38H42N2O5S2. The second kappa shape index (κ2) is 11.1. The van der Waals surface area contributed by atoms with Crippen molar-refractivity contribution in [2.24, 2.45) is 34.5 Å². The van der Waals surface area contributed by atoms with E-state index in [0.29, 0.717) is 18.6 Å². The van der Waals surface area contributed by atoms with Gasteiger partial charge in [0.05, 0.1) is 11.0 Å². The van der Waals surface area contributed by atoms with Gasteiger partial charge in [0.15, 0.2) is 0 Å². The van der Waals surface area contributed by atoms with E-state index < -0.39 is 10.9 Å². The van der Waals surface area contributed by atoms with Crippen LogP contribution in [0.15, 0.2) is 64.3 Å². The Labute approximate surface area is 284 Å². The Hall–Kier alpha value is -2.75. The number of pyridine rings is 1. The van der Waals surface area contributed by atoms with Gasteiger partial charge in [-0.15, -0.1) is 0 Å². The summed E-state index contributed by atoms with van der Waals surface area (Å²) < 4.78 is 12.6. The monoisotopic (exact) mass is 670 g/mol. The Bertz CT molecular complexity index is 1730. The molecule has 7 unspecified atom stereocenters. The van der Waals surface area contributed by atoms with Crippen molar-refractivity contribution in [1.29, 1.82) is 0 Å². The summed E-state index contributed by atoms with van der Waals surface area (Å²) in [6.45, 7) is 4.30. The lowest BCUT2D eigenvalue weighted by molar-refractivity contribution is -0.135. The number of anilines is 1. The number of carbonyl (C=O) groups is 2. The van der Waals surface area contributed by atoms with Crippen LogP contribution in [0.4, 0.5) is 5.82 Å². The molecule has 5 aliphatic carbocycles. The standard InChI is InChI=1S/C38H42N2O5S2/c1-3-37(14-4-5-15-37)19-27-25-8-7-24-23-12-16-38(31(24)30(25)34(41)44-27)28-10-6-20(2)36(43)47-46-29-11-9-22-21(13-17-39-33(22)40-29)18-26(23)32(38)35(42)45-28/h9-11,13,17,19-20,23-24,29,31,36,43H,3-8,12,14-16,18H2,1-2H3,(H,39,40). The zero-order chi connectivity index (χ0) is 32.1. The molecule has 246 valence electrons. The molecule has 7 nitrogen and oxygen atoms in total. The summed E-state index contributed by atoms with van der Waals surface area (Å²) in [5, 5.41) is 14.7. The minimum atomic E-state index is -0.701. The van der Waals surface area contributed by atoms with E-state index >= 15 is 0 Å². The highest BCUT2D eigenvalue weighted by atomic mass is 33.1. The molecule has 0 aromatic carbocycles. The van der Waals surface area contributed by atoms with Crippen LogP contribution in [0.2, 0.25) is 0 Å². The quantitative estimate of drug-likeness (QED) is 0.240. The normalized spacial score (nSPS) is 37.5. The van der Waals surface area contributed by atoms with Crippen LogP contribution in [0.5, 0.6) is 0 Å². The number of aromatic nitrogens is 1. The van der Waals surface area contributed by atoms with E-state index in [0.717, 1.165) is 84.4 Å². The highest BCUT2D eigenvalue weighted by Crippen LogP contribution is 2.71. The van der Waals surface area contributed by atoms with Gasteiger partial charge in [-0.3, -0.25) is 0 Å². The molecule has 47 heavy (non-hydrogen) atoms. The van der Waals surface area contributed by atoms with Crippen molar-refractivity contribution >= 4 is 45.4 Å². The van der Waals surface area contributed by atoms with Gasteiger partial charge in [0, 0.05) is 28.8 Å². The third kappa shape index (κ3) is 4.47. The van der Waals surface area contributed by atoms with Crippen molar-refractivity contribution in [3.05, 3.63) is 75.4 Å². The molecule has 2 N–H and O–H groups in total. The molecule has 0 radical (unpaired) electrons. The average Bonchev–Trinajstić information content (AvgIpc) is 3.77. The molecule has 1 spiro atoms. The van der Waals surface area contributed by atoms with E-state index in [1.54, 1.807) is 10.8 Å². The second-order valence-corrected chi connectivity index (χ2v) is 17.5. The Balaban J connectivity index is 1.23. The SMILES string of the molecule is CCC1(C=C2OC(=O)C3=C2CCC2C4CCC5(C6=CCC(C)C(O)SSC7C=Cc8c(ccnc8N7)CC4=C5C(=O)O6)C32)CCCC1. The maximum absolute atomic E-state index is 14.2. The molecule has 10 aliphatic rings. The maximum Gasteiger partial charge on any atom is 0.340 e. The summed E-state index contributed by atoms with van der Waals surface area (Å²) in [5.74, 6) is 2.01. The molecule has 9 bridgehead atoms. The number of carbonyl (C=O) groups excluding carboxylic acids is 2. The third-order valence-electron chi connectivity index (χ3n) is 12.8. The molecule has 1 saturated heterocycles. The minimum Gasteiger partial charge on any atom is -0.427 e. The van der Waals surface area contributed by atoms with Crippen LogP contribution >= 0.6 is 21.6 Å². The smallest absolute Gasteiger partial charge is 0.340 e. The second-order valence-electron chi connectivity index (χ2n) is 15.0. The zero-order valence-corrected chi connectivity index (χ0v) is 28.7. The fraction of sp³-hybridized carbons (Fsp3) is 0.553. The van der Waals surface area contributed by atoms with Crippen molar-refractivity contribution in [1.82, 2.24) is 4.98 Å². The zero-order valence-electron chi connectivity index (χ0n) is 27.1. The van der Waals surface area contributed by atoms with Crippen LogP contribution < -0.4 is 5.32 Å². The first-order valence-electron chi connectivity index (χ1n) is 17.6. The molecular weight excluding hydrogens is 629 g/mol. The van der Waals surface area contributed by atoms with Crippen LogP contribution in [0, 0.1) is 34.5 Å². The number of aliphatic hydroxyl groups is 1. The van der Waals surface area contributed by atoms with Crippen LogP contribution in [0.1, 0.15) is 89.2 Å². The van der Waals surface area contributed by atoms with Gasteiger partial charge in [-0.25, -0.2) is 14.6 Å². The fourth-order valence-electron chi connectivity index (χ4n) is 10.4. The first kappa shape index (κ1) is 30.3. The maximum atomic E-state index is 14.2. The van der Waals surface area contributed by atoms with Crippen LogP contribution in [-0.4, -0.2) is 32.8 Å². The number of nitrogens with one attached hydrogen (secondary N) is 1. The average molecular weight is 671 g/mol. The van der Waals surface area contributed by atoms with E-state index in [-0.39, 0.29) is 46.4 Å². The Morgan fingerprint density at radius 2 is 1.98 bits per heavy atom.